The molecule has 1 N–H and O–H groups in total. The number of rotatable bonds is 3. The normalized spacial score (nSPS) is 23.3. The highest BCUT2D eigenvalue weighted by Crippen LogP contribution is 2.36. The summed E-state index contributed by atoms with van der Waals surface area (Å²) in [4.78, 5) is -0.278. The number of sulfonamides is 1. The van der Waals surface area contributed by atoms with Crippen LogP contribution in [0.5, 0.6) is 0 Å². The molecule has 0 saturated carbocycles. The fourth-order valence-electron chi connectivity index (χ4n) is 1.85. The van der Waals surface area contributed by atoms with E-state index in [0.717, 1.165) is 12.1 Å². The van der Waals surface area contributed by atoms with Crippen LogP contribution in [-0.2, 0) is 10.0 Å². The molecule has 1 heterocycles. The minimum Gasteiger partial charge on any atom is -0.364 e. The van der Waals surface area contributed by atoms with Crippen molar-refractivity contribution < 1.29 is 22.3 Å². The second kappa shape index (κ2) is 4.94. The third-order valence-corrected chi connectivity index (χ3v) is 4.77. The number of benzene rings is 1. The van der Waals surface area contributed by atoms with Crippen LogP contribution in [0.4, 0.5) is 8.78 Å². The molecular formula is C11H11ClF2N2O3S. The summed E-state index contributed by atoms with van der Waals surface area (Å²) in [7, 11) is -4.38. The lowest BCUT2D eigenvalue weighted by molar-refractivity contribution is -0.150. The Labute approximate surface area is 119 Å². The fraction of sp³-hybridized carbons (Fsp3) is 0.364. The van der Waals surface area contributed by atoms with Crippen molar-refractivity contribution >= 4 is 27.3 Å². The summed E-state index contributed by atoms with van der Waals surface area (Å²) < 4.78 is 50.7. The highest BCUT2D eigenvalue weighted by molar-refractivity contribution is 7.89. The van der Waals surface area contributed by atoms with E-state index in [9.17, 15) is 22.3 Å². The Morgan fingerprint density at radius 1 is 1.40 bits per heavy atom. The van der Waals surface area contributed by atoms with Gasteiger partial charge in [0, 0.05) is 17.2 Å². The van der Waals surface area contributed by atoms with Gasteiger partial charge in [0.1, 0.15) is 0 Å². The number of alkyl halides is 2. The van der Waals surface area contributed by atoms with Gasteiger partial charge in [0.15, 0.2) is 0 Å². The summed E-state index contributed by atoms with van der Waals surface area (Å²) in [5, 5.41) is 13.7. The summed E-state index contributed by atoms with van der Waals surface area (Å²) in [6, 6.07) is 4.93. The first-order chi connectivity index (χ1) is 9.18. The molecule has 0 spiro atoms. The van der Waals surface area contributed by atoms with Crippen molar-refractivity contribution in [1.29, 1.82) is 0 Å². The third kappa shape index (κ3) is 2.38. The molecule has 1 aliphatic heterocycles. The molecule has 0 radical (unpaired) electrons. The molecule has 20 heavy (non-hydrogen) atoms. The molecule has 1 aromatic rings. The van der Waals surface area contributed by atoms with E-state index in [0.29, 0.717) is 5.02 Å². The molecule has 0 saturated heterocycles. The maximum absolute atomic E-state index is 13.0. The first-order valence-electron chi connectivity index (χ1n) is 5.53. The predicted molar refractivity (Wildman–Crippen MR) is 69.2 cm³/mol. The molecule has 1 aromatic carbocycles. The van der Waals surface area contributed by atoms with Crippen LogP contribution in [0.3, 0.4) is 0 Å². The average Bonchev–Trinajstić information content (AvgIpc) is 2.67. The molecular weight excluding hydrogens is 314 g/mol. The topological polar surface area (TPSA) is 70.0 Å². The van der Waals surface area contributed by atoms with Crippen LogP contribution in [0.1, 0.15) is 13.3 Å². The number of hydrogen-bond donors (Lipinski definition) is 1. The Kier molecular flexibility index (Phi) is 3.74. The quantitative estimate of drug-likeness (QED) is 0.925. The lowest BCUT2D eigenvalue weighted by atomic mass is 10.1. The van der Waals surface area contributed by atoms with Gasteiger partial charge in [-0.2, -0.15) is 13.5 Å². The number of hydrogen-bond acceptors (Lipinski definition) is 4. The number of aliphatic hydroxyl groups is 1. The Hall–Kier alpha value is -1.25. The monoisotopic (exact) mass is 324 g/mol. The molecule has 0 bridgehead atoms. The van der Waals surface area contributed by atoms with Gasteiger partial charge in [-0.3, -0.25) is 0 Å². The number of halogens is 3. The van der Waals surface area contributed by atoms with E-state index in [4.69, 9.17) is 11.6 Å². The molecule has 0 aliphatic carbocycles. The summed E-state index contributed by atoms with van der Waals surface area (Å²) in [6.07, 6.45) is -3.83. The third-order valence-electron chi connectivity index (χ3n) is 2.80. The fourth-order valence-corrected chi connectivity index (χ4v) is 3.46. The van der Waals surface area contributed by atoms with E-state index in [2.05, 4.69) is 5.10 Å². The minimum atomic E-state index is -4.38. The van der Waals surface area contributed by atoms with E-state index in [-0.39, 0.29) is 15.0 Å². The van der Waals surface area contributed by atoms with Crippen LogP contribution >= 0.6 is 11.6 Å². The van der Waals surface area contributed by atoms with Crippen molar-refractivity contribution in [2.24, 2.45) is 5.10 Å². The lowest BCUT2D eigenvalue weighted by Gasteiger charge is -2.30. The zero-order chi connectivity index (χ0) is 15.1. The maximum Gasteiger partial charge on any atom is 0.288 e. The van der Waals surface area contributed by atoms with Crippen molar-refractivity contribution in [3.8, 4) is 0 Å². The van der Waals surface area contributed by atoms with E-state index in [1.54, 1.807) is 0 Å². The average molecular weight is 325 g/mol. The molecule has 0 fully saturated rings. The highest BCUT2D eigenvalue weighted by Gasteiger charge is 2.53. The number of hydrazone groups is 1. The minimum absolute atomic E-state index is 0.0727. The Morgan fingerprint density at radius 2 is 1.95 bits per heavy atom. The first-order valence-corrected chi connectivity index (χ1v) is 7.35. The van der Waals surface area contributed by atoms with E-state index < -0.39 is 28.6 Å². The predicted octanol–water partition coefficient (Wildman–Crippen LogP) is 2.06. The van der Waals surface area contributed by atoms with Gasteiger partial charge < -0.3 is 5.11 Å². The zero-order valence-corrected chi connectivity index (χ0v) is 11.9. The zero-order valence-electron chi connectivity index (χ0n) is 10.3. The molecule has 1 atom stereocenters. The molecule has 0 unspecified atom stereocenters. The van der Waals surface area contributed by atoms with Crippen molar-refractivity contribution in [1.82, 2.24) is 4.41 Å². The van der Waals surface area contributed by atoms with Gasteiger partial charge in [-0.05, 0) is 31.2 Å². The Balaban J connectivity index is 2.50. The van der Waals surface area contributed by atoms with E-state index >= 15 is 0 Å². The SMILES string of the molecule is CC1=NN(S(=O)(=O)c2ccc(Cl)cc2)[C@@](O)(C(F)F)C1. The molecule has 5 nitrogen and oxygen atoms in total. The summed E-state index contributed by atoms with van der Waals surface area (Å²) in [5.74, 6) is 0. The van der Waals surface area contributed by atoms with Crippen LogP contribution in [0.15, 0.2) is 34.3 Å². The van der Waals surface area contributed by atoms with Crippen LogP contribution in [0.2, 0.25) is 5.02 Å². The second-order valence-corrected chi connectivity index (χ2v) is 6.60. The highest BCUT2D eigenvalue weighted by atomic mass is 35.5. The second-order valence-electron chi connectivity index (χ2n) is 4.39. The van der Waals surface area contributed by atoms with Gasteiger partial charge in [-0.25, -0.2) is 8.78 Å². The van der Waals surface area contributed by atoms with Gasteiger partial charge >= 0.3 is 0 Å². The molecule has 110 valence electrons. The lowest BCUT2D eigenvalue weighted by Crippen LogP contribution is -2.51. The Morgan fingerprint density at radius 3 is 2.45 bits per heavy atom. The van der Waals surface area contributed by atoms with Crippen molar-refractivity contribution in [3.63, 3.8) is 0 Å². The summed E-state index contributed by atoms with van der Waals surface area (Å²) in [6.45, 7) is 1.37. The van der Waals surface area contributed by atoms with Crippen molar-refractivity contribution in [2.75, 3.05) is 0 Å². The van der Waals surface area contributed by atoms with Crippen molar-refractivity contribution in [3.05, 3.63) is 29.3 Å². The van der Waals surface area contributed by atoms with Gasteiger partial charge in [0.2, 0.25) is 5.72 Å². The summed E-state index contributed by atoms with van der Waals surface area (Å²) in [5.41, 5.74) is -2.76. The standard InChI is InChI=1S/C11H11ClF2N2O3S/c1-7-6-11(17,10(13)14)16(15-7)20(18,19)9-4-2-8(12)3-5-9/h2-5,10,17H,6H2,1H3/t11-/m0/s1. The molecule has 0 aromatic heterocycles. The largest absolute Gasteiger partial charge is 0.364 e. The van der Waals surface area contributed by atoms with Gasteiger partial charge in [-0.15, -0.1) is 4.41 Å². The van der Waals surface area contributed by atoms with Gasteiger partial charge in [0.05, 0.1) is 4.90 Å². The first kappa shape index (κ1) is 15.1. The number of nitrogens with zero attached hydrogens (tertiary/aromatic N) is 2. The smallest absolute Gasteiger partial charge is 0.288 e. The van der Waals surface area contributed by atoms with Crippen LogP contribution < -0.4 is 0 Å². The van der Waals surface area contributed by atoms with Crippen LogP contribution in [0.25, 0.3) is 0 Å². The molecule has 9 heteroatoms. The van der Waals surface area contributed by atoms with Gasteiger partial charge in [-0.1, -0.05) is 11.6 Å². The Bertz CT molecular complexity index is 648. The molecule has 0 amide bonds. The molecule has 1 aliphatic rings. The maximum atomic E-state index is 13.0. The van der Waals surface area contributed by atoms with Gasteiger partial charge in [0.25, 0.3) is 16.4 Å². The van der Waals surface area contributed by atoms with Crippen LogP contribution in [-0.4, -0.2) is 35.8 Å². The summed E-state index contributed by atoms with van der Waals surface area (Å²) >= 11 is 5.65. The van der Waals surface area contributed by atoms with E-state index in [1.807, 2.05) is 0 Å². The van der Waals surface area contributed by atoms with Crippen LogP contribution in [0, 0.1) is 0 Å². The molecule has 2 rings (SSSR count). The van der Waals surface area contributed by atoms with Crippen molar-refractivity contribution in [2.45, 2.75) is 30.4 Å². The van der Waals surface area contributed by atoms with E-state index in [1.165, 1.54) is 19.1 Å².